The lowest BCUT2D eigenvalue weighted by Gasteiger charge is -2.29. The second-order valence-corrected chi connectivity index (χ2v) is 12.2. The van der Waals surface area contributed by atoms with E-state index < -0.39 is 24.0 Å². The fourth-order valence-corrected chi connectivity index (χ4v) is 6.21. The number of hydrogen-bond donors (Lipinski definition) is 4. The van der Waals surface area contributed by atoms with Crippen LogP contribution in [0.5, 0.6) is 0 Å². The summed E-state index contributed by atoms with van der Waals surface area (Å²) in [5.41, 5.74) is 3.71. The molecule has 2 aliphatic heterocycles. The van der Waals surface area contributed by atoms with Crippen molar-refractivity contribution >= 4 is 34.5 Å². The van der Waals surface area contributed by atoms with Gasteiger partial charge in [-0.25, -0.2) is 0 Å². The Labute approximate surface area is 251 Å². The van der Waals surface area contributed by atoms with Gasteiger partial charge in [-0.05, 0) is 69.1 Å². The number of likely N-dealkylation sites (N-methyl/N-ethyl adjacent to an activating group) is 1. The van der Waals surface area contributed by atoms with Crippen molar-refractivity contribution in [1.82, 2.24) is 20.4 Å². The molecule has 4 rings (SSSR count). The SMILES string of the molecule is Cc1ccccc1CC1CSC(CNC(=O)[C@H](O)[C@@H](O)C(=O)N2CCC[C@H]2c2cccc(C(=O)NCCN(C)C)c2)=N1. The van der Waals surface area contributed by atoms with Crippen molar-refractivity contribution in [2.75, 3.05) is 46.0 Å². The Morgan fingerprint density at radius 3 is 2.64 bits per heavy atom. The number of benzene rings is 2. The van der Waals surface area contributed by atoms with E-state index in [9.17, 15) is 24.6 Å². The topological polar surface area (TPSA) is 135 Å². The zero-order valence-electron chi connectivity index (χ0n) is 24.5. The second-order valence-electron chi connectivity index (χ2n) is 11.1. The maximum Gasteiger partial charge on any atom is 0.255 e. The van der Waals surface area contributed by atoms with Gasteiger partial charge in [0.15, 0.2) is 12.2 Å². The van der Waals surface area contributed by atoms with Crippen LogP contribution in [-0.4, -0.2) is 107 Å². The van der Waals surface area contributed by atoms with Gasteiger partial charge in [-0.1, -0.05) is 36.4 Å². The predicted molar refractivity (Wildman–Crippen MR) is 165 cm³/mol. The molecule has 4 atom stereocenters. The van der Waals surface area contributed by atoms with Crippen molar-refractivity contribution in [2.45, 2.75) is 50.5 Å². The van der Waals surface area contributed by atoms with Crippen molar-refractivity contribution in [3.05, 3.63) is 70.8 Å². The van der Waals surface area contributed by atoms with Crippen LogP contribution < -0.4 is 10.6 Å². The molecule has 3 amide bonds. The molecule has 1 unspecified atom stereocenters. The lowest BCUT2D eigenvalue weighted by Crippen LogP contribution is -2.51. The van der Waals surface area contributed by atoms with E-state index in [0.29, 0.717) is 38.0 Å². The molecule has 10 nitrogen and oxygen atoms in total. The fourth-order valence-electron chi connectivity index (χ4n) is 5.24. The second kappa shape index (κ2) is 14.8. The summed E-state index contributed by atoms with van der Waals surface area (Å²) < 4.78 is 0. The molecule has 2 heterocycles. The molecule has 4 N–H and O–H groups in total. The van der Waals surface area contributed by atoms with Crippen molar-refractivity contribution < 1.29 is 24.6 Å². The van der Waals surface area contributed by atoms with Gasteiger partial charge in [0.05, 0.1) is 23.7 Å². The molecular formula is C31H41N5O5S. The molecule has 2 aliphatic rings. The van der Waals surface area contributed by atoms with E-state index in [1.165, 1.54) is 16.0 Å². The monoisotopic (exact) mass is 595 g/mol. The Kier molecular flexibility index (Phi) is 11.1. The summed E-state index contributed by atoms with van der Waals surface area (Å²) >= 11 is 1.56. The van der Waals surface area contributed by atoms with Gasteiger partial charge in [-0.15, -0.1) is 11.8 Å². The molecule has 42 heavy (non-hydrogen) atoms. The van der Waals surface area contributed by atoms with Gasteiger partial charge in [-0.3, -0.25) is 19.4 Å². The van der Waals surface area contributed by atoms with Gasteiger partial charge in [0.2, 0.25) is 0 Å². The summed E-state index contributed by atoms with van der Waals surface area (Å²) in [6, 6.07) is 15.0. The van der Waals surface area contributed by atoms with E-state index in [-0.39, 0.29) is 24.5 Å². The van der Waals surface area contributed by atoms with E-state index >= 15 is 0 Å². The highest BCUT2D eigenvalue weighted by Crippen LogP contribution is 2.33. The first-order chi connectivity index (χ1) is 20.1. The fraction of sp³-hybridized carbons (Fsp3) is 0.484. The van der Waals surface area contributed by atoms with Gasteiger partial charge >= 0.3 is 0 Å². The quantitative estimate of drug-likeness (QED) is 0.293. The van der Waals surface area contributed by atoms with Gasteiger partial charge < -0.3 is 30.6 Å². The van der Waals surface area contributed by atoms with E-state index in [1.54, 1.807) is 30.0 Å². The van der Waals surface area contributed by atoms with Crippen LogP contribution in [-0.2, 0) is 16.0 Å². The van der Waals surface area contributed by atoms with E-state index in [4.69, 9.17) is 4.99 Å². The summed E-state index contributed by atoms with van der Waals surface area (Å²) in [6.07, 6.45) is -1.66. The lowest BCUT2D eigenvalue weighted by atomic mass is 10.0. The van der Waals surface area contributed by atoms with Crippen LogP contribution in [0, 0.1) is 6.92 Å². The van der Waals surface area contributed by atoms with Gasteiger partial charge in [0.25, 0.3) is 17.7 Å². The van der Waals surface area contributed by atoms with Crippen LogP contribution in [0.2, 0.25) is 0 Å². The van der Waals surface area contributed by atoms with E-state index in [0.717, 1.165) is 22.8 Å². The third kappa shape index (κ3) is 8.19. The highest BCUT2D eigenvalue weighted by molar-refractivity contribution is 8.14. The standard InChI is InChI=1S/C31H41N5O5S/c1-20-8-4-5-9-21(20)17-24-19-42-26(34-24)18-33-30(40)27(37)28(38)31(41)36-14-7-12-25(36)22-10-6-11-23(16-22)29(39)32-13-15-35(2)3/h4-6,8-11,16,24-25,27-28,37-38H,7,12-15,17-19H2,1-3H3,(H,32,39)(H,33,40)/t24?,25-,27+,28+/m0/s1. The number of nitrogens with one attached hydrogen (secondary N) is 2. The first-order valence-corrected chi connectivity index (χ1v) is 15.3. The number of thioether (sulfide) groups is 1. The number of nitrogens with zero attached hydrogens (tertiary/aromatic N) is 3. The third-order valence-electron chi connectivity index (χ3n) is 7.63. The minimum atomic E-state index is -1.91. The summed E-state index contributed by atoms with van der Waals surface area (Å²) in [6.45, 7) is 3.80. The van der Waals surface area contributed by atoms with E-state index in [1.807, 2.05) is 37.2 Å². The van der Waals surface area contributed by atoms with Gasteiger partial charge in [0.1, 0.15) is 0 Å². The van der Waals surface area contributed by atoms with Crippen molar-refractivity contribution in [2.24, 2.45) is 4.99 Å². The van der Waals surface area contributed by atoms with Crippen LogP contribution in [0.3, 0.4) is 0 Å². The van der Waals surface area contributed by atoms with Gasteiger partial charge in [0, 0.05) is 31.0 Å². The average molecular weight is 596 g/mol. The van der Waals surface area contributed by atoms with E-state index in [2.05, 4.69) is 29.7 Å². The Bertz CT molecular complexity index is 1300. The van der Waals surface area contributed by atoms with Gasteiger partial charge in [-0.2, -0.15) is 0 Å². The molecule has 0 saturated carbocycles. The van der Waals surface area contributed by atoms with Crippen LogP contribution in [0.15, 0.2) is 53.5 Å². The maximum absolute atomic E-state index is 13.2. The Hall–Kier alpha value is -3.25. The molecule has 11 heteroatoms. The Morgan fingerprint density at radius 2 is 1.88 bits per heavy atom. The number of aliphatic imine (C=N–C) groups is 1. The van der Waals surface area contributed by atoms with Crippen molar-refractivity contribution in [3.8, 4) is 0 Å². The molecular weight excluding hydrogens is 554 g/mol. The highest BCUT2D eigenvalue weighted by atomic mass is 32.2. The van der Waals surface area contributed by atoms with Crippen LogP contribution in [0.4, 0.5) is 0 Å². The normalized spacial score (nSPS) is 19.9. The molecule has 1 saturated heterocycles. The predicted octanol–water partition coefficient (Wildman–Crippen LogP) is 1.54. The molecule has 0 aromatic heterocycles. The van der Waals surface area contributed by atoms with Crippen LogP contribution >= 0.6 is 11.8 Å². The van der Waals surface area contributed by atoms with Crippen LogP contribution in [0.1, 0.15) is 45.9 Å². The number of aliphatic hydroxyl groups is 2. The number of likely N-dealkylation sites (tertiary alicyclic amines) is 1. The lowest BCUT2D eigenvalue weighted by molar-refractivity contribution is -0.153. The number of carbonyl (C=O) groups excluding carboxylic acids is 3. The number of rotatable bonds is 12. The summed E-state index contributed by atoms with van der Waals surface area (Å²) in [5, 5.41) is 27.5. The minimum absolute atomic E-state index is 0.106. The first-order valence-electron chi connectivity index (χ1n) is 14.3. The number of hydrogen-bond acceptors (Lipinski definition) is 8. The molecule has 226 valence electrons. The molecule has 0 radical (unpaired) electrons. The Morgan fingerprint density at radius 1 is 1.10 bits per heavy atom. The third-order valence-corrected chi connectivity index (χ3v) is 8.77. The van der Waals surface area contributed by atoms with Crippen molar-refractivity contribution in [3.63, 3.8) is 0 Å². The minimum Gasteiger partial charge on any atom is -0.380 e. The van der Waals surface area contributed by atoms with Crippen LogP contribution in [0.25, 0.3) is 0 Å². The zero-order valence-corrected chi connectivity index (χ0v) is 25.3. The number of aryl methyl sites for hydroxylation is 1. The molecule has 2 aromatic rings. The summed E-state index contributed by atoms with van der Waals surface area (Å²) in [7, 11) is 3.86. The molecule has 0 spiro atoms. The average Bonchev–Trinajstić information content (AvgIpc) is 3.66. The van der Waals surface area contributed by atoms with Crippen molar-refractivity contribution in [1.29, 1.82) is 0 Å². The largest absolute Gasteiger partial charge is 0.380 e. The summed E-state index contributed by atoms with van der Waals surface area (Å²) in [4.78, 5) is 46.7. The Balaban J connectivity index is 1.31. The smallest absolute Gasteiger partial charge is 0.255 e. The molecule has 2 aromatic carbocycles. The zero-order chi connectivity index (χ0) is 30.2. The molecule has 1 fully saturated rings. The molecule has 0 aliphatic carbocycles. The first kappa shape index (κ1) is 31.7. The number of aliphatic hydroxyl groups excluding tert-OH is 2. The number of carbonyl (C=O) groups is 3. The maximum atomic E-state index is 13.2. The highest BCUT2D eigenvalue weighted by Gasteiger charge is 2.38. The number of amides is 3. The summed E-state index contributed by atoms with van der Waals surface area (Å²) in [5.74, 6) is -0.938. The molecule has 0 bridgehead atoms.